The number of hydrogen-bond donors (Lipinski definition) is 2. The second-order valence-electron chi connectivity index (χ2n) is 5.03. The molecule has 5 nitrogen and oxygen atoms in total. The van der Waals surface area contributed by atoms with Crippen LogP contribution in [0.15, 0.2) is 18.2 Å². The summed E-state index contributed by atoms with van der Waals surface area (Å²) in [5.74, 6) is 0.537. The van der Waals surface area contributed by atoms with Crippen LogP contribution in [0.4, 0.5) is 5.69 Å². The summed E-state index contributed by atoms with van der Waals surface area (Å²) in [6.07, 6.45) is 3.11. The number of ether oxygens (including phenoxy) is 1. The number of nitrogens with two attached hydrogens (primary N) is 1. The molecule has 0 radical (unpaired) electrons. The molecule has 0 aromatic heterocycles. The van der Waals surface area contributed by atoms with Crippen molar-refractivity contribution in [3.8, 4) is 5.75 Å². The molecule has 0 saturated heterocycles. The van der Waals surface area contributed by atoms with Crippen molar-refractivity contribution >= 4 is 11.6 Å². The van der Waals surface area contributed by atoms with Crippen LogP contribution in [0.25, 0.3) is 0 Å². The van der Waals surface area contributed by atoms with Crippen LogP contribution in [0.2, 0.25) is 0 Å². The maximum Gasteiger partial charge on any atom is 0.265 e. The Morgan fingerprint density at radius 1 is 1.50 bits per heavy atom. The quantitative estimate of drug-likeness (QED) is 0.828. The van der Waals surface area contributed by atoms with Gasteiger partial charge in [0.2, 0.25) is 0 Å². The van der Waals surface area contributed by atoms with E-state index < -0.39 is 0 Å². The predicted molar refractivity (Wildman–Crippen MR) is 77.8 cm³/mol. The van der Waals surface area contributed by atoms with E-state index >= 15 is 0 Å². The third kappa shape index (κ3) is 3.11. The van der Waals surface area contributed by atoms with Crippen LogP contribution < -0.4 is 15.4 Å². The van der Waals surface area contributed by atoms with Gasteiger partial charge in [-0.1, -0.05) is 25.8 Å². The maximum atomic E-state index is 11.9. The molecule has 20 heavy (non-hydrogen) atoms. The highest BCUT2D eigenvalue weighted by molar-refractivity contribution is 5.97. The second-order valence-corrected chi connectivity index (χ2v) is 5.03. The summed E-state index contributed by atoms with van der Waals surface area (Å²) >= 11 is 0. The van der Waals surface area contributed by atoms with Crippen molar-refractivity contribution in [3.05, 3.63) is 23.8 Å². The monoisotopic (exact) mass is 278 g/mol. The smallest absolute Gasteiger partial charge is 0.265 e. The fourth-order valence-electron chi connectivity index (χ4n) is 2.39. The number of fused-ring (bicyclic) bond motifs is 1. The van der Waals surface area contributed by atoms with Crippen molar-refractivity contribution in [2.45, 2.75) is 32.2 Å². The fraction of sp³-hybridized carbons (Fsp3) is 0.533. The number of unbranched alkanes of at least 4 members (excludes halogenated alkanes) is 1. The van der Waals surface area contributed by atoms with E-state index in [1.165, 1.54) is 0 Å². The van der Waals surface area contributed by atoms with Gasteiger partial charge >= 0.3 is 0 Å². The number of β-amino-alcohol motifs (C(OH)–C–C–N with tert-alkyl or cyclic N) is 1. The largest absolute Gasteiger partial charge is 0.482 e. The Morgan fingerprint density at radius 3 is 3.00 bits per heavy atom. The van der Waals surface area contributed by atoms with E-state index in [-0.39, 0.29) is 31.7 Å². The van der Waals surface area contributed by atoms with Gasteiger partial charge in [-0.05, 0) is 24.1 Å². The molecule has 1 aromatic carbocycles. The topological polar surface area (TPSA) is 75.8 Å². The first-order chi connectivity index (χ1) is 9.67. The lowest BCUT2D eigenvalue weighted by molar-refractivity contribution is -0.121. The van der Waals surface area contributed by atoms with Crippen LogP contribution in [0, 0.1) is 0 Å². The number of anilines is 1. The van der Waals surface area contributed by atoms with Crippen molar-refractivity contribution in [1.82, 2.24) is 0 Å². The SMILES string of the molecule is CCCCC(N)c1ccc2c(c1)N(CCO)C(=O)CO2. The zero-order valence-electron chi connectivity index (χ0n) is 11.8. The van der Waals surface area contributed by atoms with Crippen LogP contribution in [0.1, 0.15) is 37.8 Å². The Morgan fingerprint density at radius 2 is 2.30 bits per heavy atom. The molecule has 3 N–H and O–H groups in total. The molecule has 1 atom stereocenters. The van der Waals surface area contributed by atoms with Crippen molar-refractivity contribution in [1.29, 1.82) is 0 Å². The first-order valence-corrected chi connectivity index (χ1v) is 7.11. The van der Waals surface area contributed by atoms with Crippen LogP contribution in [0.5, 0.6) is 5.75 Å². The van der Waals surface area contributed by atoms with E-state index in [1.54, 1.807) is 4.90 Å². The number of benzene rings is 1. The highest BCUT2D eigenvalue weighted by Crippen LogP contribution is 2.34. The zero-order valence-corrected chi connectivity index (χ0v) is 11.8. The van der Waals surface area contributed by atoms with Crippen molar-refractivity contribution in [2.75, 3.05) is 24.7 Å². The number of amides is 1. The van der Waals surface area contributed by atoms with Gasteiger partial charge in [-0.25, -0.2) is 0 Å². The van der Waals surface area contributed by atoms with E-state index in [4.69, 9.17) is 15.6 Å². The third-order valence-electron chi connectivity index (χ3n) is 3.55. The number of aliphatic hydroxyl groups excluding tert-OH is 1. The van der Waals surface area contributed by atoms with E-state index in [0.717, 1.165) is 24.8 Å². The molecular weight excluding hydrogens is 256 g/mol. The number of rotatable bonds is 6. The van der Waals surface area contributed by atoms with Crippen LogP contribution in [0.3, 0.4) is 0 Å². The molecule has 2 rings (SSSR count). The average molecular weight is 278 g/mol. The Bertz CT molecular complexity index is 476. The first kappa shape index (κ1) is 14.8. The van der Waals surface area contributed by atoms with Gasteiger partial charge in [-0.2, -0.15) is 0 Å². The molecule has 0 bridgehead atoms. The molecule has 0 aliphatic carbocycles. The molecule has 1 aliphatic heterocycles. The van der Waals surface area contributed by atoms with E-state index in [9.17, 15) is 4.79 Å². The molecule has 5 heteroatoms. The first-order valence-electron chi connectivity index (χ1n) is 7.11. The highest BCUT2D eigenvalue weighted by atomic mass is 16.5. The molecule has 110 valence electrons. The van der Waals surface area contributed by atoms with Gasteiger partial charge in [-0.15, -0.1) is 0 Å². The predicted octanol–water partition coefficient (Wildman–Crippen LogP) is 1.59. The number of nitrogens with zero attached hydrogens (tertiary/aromatic N) is 1. The van der Waals surface area contributed by atoms with Crippen LogP contribution in [-0.2, 0) is 4.79 Å². The molecule has 1 aromatic rings. The fourth-order valence-corrected chi connectivity index (χ4v) is 2.39. The number of carbonyl (C=O) groups is 1. The highest BCUT2D eigenvalue weighted by Gasteiger charge is 2.25. The Balaban J connectivity index is 2.25. The molecule has 1 aliphatic rings. The minimum absolute atomic E-state index is 0.0221. The van der Waals surface area contributed by atoms with E-state index in [0.29, 0.717) is 11.4 Å². The molecule has 1 heterocycles. The Labute approximate surface area is 119 Å². The Kier molecular flexibility index (Phi) is 4.98. The summed E-state index contributed by atoms with van der Waals surface area (Å²) in [7, 11) is 0. The lowest BCUT2D eigenvalue weighted by Gasteiger charge is -2.29. The summed E-state index contributed by atoms with van der Waals surface area (Å²) in [4.78, 5) is 13.4. The minimum Gasteiger partial charge on any atom is -0.482 e. The normalized spacial score (nSPS) is 15.8. The molecule has 1 amide bonds. The zero-order chi connectivity index (χ0) is 14.5. The average Bonchev–Trinajstić information content (AvgIpc) is 2.47. The van der Waals surface area contributed by atoms with Gasteiger partial charge in [0.25, 0.3) is 5.91 Å². The van der Waals surface area contributed by atoms with Gasteiger partial charge in [0.1, 0.15) is 5.75 Å². The maximum absolute atomic E-state index is 11.9. The van der Waals surface area contributed by atoms with Crippen LogP contribution >= 0.6 is 0 Å². The summed E-state index contributed by atoms with van der Waals surface area (Å²) in [5, 5.41) is 9.10. The van der Waals surface area contributed by atoms with Crippen LogP contribution in [-0.4, -0.2) is 30.8 Å². The van der Waals surface area contributed by atoms with E-state index in [1.807, 2.05) is 18.2 Å². The van der Waals surface area contributed by atoms with Crippen molar-refractivity contribution in [2.24, 2.45) is 5.73 Å². The lowest BCUT2D eigenvalue weighted by atomic mass is 10.0. The molecule has 0 saturated carbocycles. The van der Waals surface area contributed by atoms with Crippen molar-refractivity contribution in [3.63, 3.8) is 0 Å². The molecule has 1 unspecified atom stereocenters. The Hall–Kier alpha value is -1.59. The summed E-state index contributed by atoms with van der Waals surface area (Å²) in [5.41, 5.74) is 7.88. The number of carbonyl (C=O) groups excluding carboxylic acids is 1. The second kappa shape index (κ2) is 6.72. The van der Waals surface area contributed by atoms with Gasteiger partial charge < -0.3 is 20.5 Å². The van der Waals surface area contributed by atoms with Crippen molar-refractivity contribution < 1.29 is 14.6 Å². The minimum atomic E-state index is -0.133. The van der Waals surface area contributed by atoms with Gasteiger partial charge in [0, 0.05) is 12.6 Å². The third-order valence-corrected chi connectivity index (χ3v) is 3.55. The van der Waals surface area contributed by atoms with Gasteiger partial charge in [0.15, 0.2) is 6.61 Å². The standard InChI is InChI=1S/C15H22N2O3/c1-2-3-4-12(16)11-5-6-14-13(9-11)17(7-8-18)15(19)10-20-14/h5-6,9,12,18H,2-4,7-8,10,16H2,1H3. The number of hydrogen-bond acceptors (Lipinski definition) is 4. The molecular formula is C15H22N2O3. The van der Waals surface area contributed by atoms with Gasteiger partial charge in [0.05, 0.1) is 12.3 Å². The summed E-state index contributed by atoms with van der Waals surface area (Å²) in [6, 6.07) is 5.68. The lowest BCUT2D eigenvalue weighted by Crippen LogP contribution is -2.40. The summed E-state index contributed by atoms with van der Waals surface area (Å²) in [6.45, 7) is 2.36. The molecule has 0 spiro atoms. The summed E-state index contributed by atoms with van der Waals surface area (Å²) < 4.78 is 5.41. The molecule has 0 fully saturated rings. The van der Waals surface area contributed by atoms with E-state index in [2.05, 4.69) is 6.92 Å². The van der Waals surface area contributed by atoms with Gasteiger partial charge in [-0.3, -0.25) is 4.79 Å². The number of aliphatic hydroxyl groups is 1.